The van der Waals surface area contributed by atoms with E-state index in [1.54, 1.807) is 38.1 Å². The Morgan fingerprint density at radius 2 is 2.17 bits per heavy atom. The molecule has 4 heteroatoms. The molecule has 0 aliphatic heterocycles. The number of carbonyl (C=O) groups excluding carboxylic acids is 1. The molecule has 18 heavy (non-hydrogen) atoms. The molecule has 0 fully saturated rings. The summed E-state index contributed by atoms with van der Waals surface area (Å²) in [6.07, 6.45) is 2.00. The molecule has 0 aliphatic carbocycles. The van der Waals surface area contributed by atoms with Gasteiger partial charge in [-0.1, -0.05) is 29.3 Å². The minimum absolute atomic E-state index is 0.309. The van der Waals surface area contributed by atoms with E-state index in [1.807, 2.05) is 0 Å². The Labute approximate surface area is 118 Å². The van der Waals surface area contributed by atoms with E-state index in [1.165, 1.54) is 0 Å². The van der Waals surface area contributed by atoms with Gasteiger partial charge >= 0.3 is 5.97 Å². The second kappa shape index (κ2) is 6.26. The number of hydrogen-bond donors (Lipinski definition) is 0. The van der Waals surface area contributed by atoms with E-state index in [9.17, 15) is 4.79 Å². The zero-order valence-electron chi connectivity index (χ0n) is 10.5. The molecular formula is C14H16Cl2O2. The molecule has 0 radical (unpaired) electrons. The third-order valence-electron chi connectivity index (χ3n) is 2.76. The Morgan fingerprint density at radius 3 is 2.72 bits per heavy atom. The lowest BCUT2D eigenvalue weighted by atomic mass is 9.84. The van der Waals surface area contributed by atoms with E-state index in [-0.39, 0.29) is 5.97 Å². The van der Waals surface area contributed by atoms with Crippen LogP contribution in [0, 0.1) is 5.41 Å². The average molecular weight is 287 g/mol. The molecule has 0 amide bonds. The molecule has 1 unspecified atom stereocenters. The van der Waals surface area contributed by atoms with E-state index < -0.39 is 5.41 Å². The number of halogens is 2. The van der Waals surface area contributed by atoms with Gasteiger partial charge < -0.3 is 4.74 Å². The van der Waals surface area contributed by atoms with Crippen molar-refractivity contribution >= 4 is 29.2 Å². The van der Waals surface area contributed by atoms with E-state index in [0.29, 0.717) is 23.1 Å². The van der Waals surface area contributed by atoms with Crippen molar-refractivity contribution in [2.45, 2.75) is 20.3 Å². The first-order chi connectivity index (χ1) is 8.42. The average Bonchev–Trinajstić information content (AvgIpc) is 2.34. The molecule has 1 aromatic rings. The fraction of sp³-hybridized carbons (Fsp3) is 0.357. The maximum Gasteiger partial charge on any atom is 0.315 e. The number of rotatable bonds is 5. The van der Waals surface area contributed by atoms with Gasteiger partial charge in [-0.15, -0.1) is 6.58 Å². The van der Waals surface area contributed by atoms with E-state index >= 15 is 0 Å². The van der Waals surface area contributed by atoms with Crippen LogP contribution in [-0.2, 0) is 16.0 Å². The summed E-state index contributed by atoms with van der Waals surface area (Å²) in [7, 11) is 0. The zero-order valence-corrected chi connectivity index (χ0v) is 12.0. The molecular weight excluding hydrogens is 271 g/mol. The number of benzene rings is 1. The monoisotopic (exact) mass is 286 g/mol. The molecule has 0 aliphatic rings. The van der Waals surface area contributed by atoms with Crippen molar-refractivity contribution in [3.05, 3.63) is 46.5 Å². The lowest BCUT2D eigenvalue weighted by Crippen LogP contribution is -2.30. The summed E-state index contributed by atoms with van der Waals surface area (Å²) in [5, 5.41) is 1.17. The highest BCUT2D eigenvalue weighted by Crippen LogP contribution is 2.30. The molecule has 1 rings (SSSR count). The quantitative estimate of drug-likeness (QED) is 0.596. The zero-order chi connectivity index (χ0) is 13.8. The maximum absolute atomic E-state index is 11.9. The van der Waals surface area contributed by atoms with Crippen LogP contribution in [0.1, 0.15) is 19.4 Å². The highest BCUT2D eigenvalue weighted by molar-refractivity contribution is 6.33. The smallest absolute Gasteiger partial charge is 0.315 e. The summed E-state index contributed by atoms with van der Waals surface area (Å²) in [5.74, 6) is -0.309. The summed E-state index contributed by atoms with van der Waals surface area (Å²) in [4.78, 5) is 11.9. The van der Waals surface area contributed by atoms with Crippen LogP contribution in [0.3, 0.4) is 0 Å². The third kappa shape index (κ3) is 3.50. The van der Waals surface area contributed by atoms with Crippen LogP contribution in [0.15, 0.2) is 30.9 Å². The molecule has 0 aromatic heterocycles. The normalized spacial score (nSPS) is 13.8. The predicted octanol–water partition coefficient (Wildman–Crippen LogP) is 4.29. The second-order valence-corrected chi connectivity index (χ2v) is 5.10. The van der Waals surface area contributed by atoms with E-state index in [2.05, 4.69) is 6.58 Å². The second-order valence-electron chi connectivity index (χ2n) is 4.25. The summed E-state index contributed by atoms with van der Waals surface area (Å²) in [6.45, 7) is 7.59. The minimum Gasteiger partial charge on any atom is -0.465 e. The number of esters is 1. The van der Waals surface area contributed by atoms with Crippen LogP contribution >= 0.6 is 23.2 Å². The van der Waals surface area contributed by atoms with Crippen molar-refractivity contribution in [2.24, 2.45) is 5.41 Å². The van der Waals surface area contributed by atoms with E-state index in [0.717, 1.165) is 5.56 Å². The molecule has 0 bridgehead atoms. The van der Waals surface area contributed by atoms with Crippen LogP contribution in [0.2, 0.25) is 10.0 Å². The SMILES string of the molecule is C=CC(C)(Cc1cc(Cl)ccc1Cl)C(=O)OCC. The molecule has 0 spiro atoms. The molecule has 1 aromatic carbocycles. The largest absolute Gasteiger partial charge is 0.465 e. The molecule has 0 saturated heterocycles. The van der Waals surface area contributed by atoms with Crippen molar-refractivity contribution in [3.63, 3.8) is 0 Å². The van der Waals surface area contributed by atoms with Crippen molar-refractivity contribution in [3.8, 4) is 0 Å². The van der Waals surface area contributed by atoms with Crippen molar-refractivity contribution in [2.75, 3.05) is 6.61 Å². The molecule has 0 saturated carbocycles. The summed E-state index contributed by atoms with van der Waals surface area (Å²) in [6, 6.07) is 5.18. The molecule has 0 heterocycles. The Kier molecular flexibility index (Phi) is 5.24. The van der Waals surface area contributed by atoms with Crippen LogP contribution in [0.5, 0.6) is 0 Å². The van der Waals surface area contributed by atoms with Gasteiger partial charge in [0.1, 0.15) is 0 Å². The van der Waals surface area contributed by atoms with Gasteiger partial charge in [0.25, 0.3) is 0 Å². The Bertz CT molecular complexity index is 457. The molecule has 2 nitrogen and oxygen atoms in total. The summed E-state index contributed by atoms with van der Waals surface area (Å²) in [5.41, 5.74) is 0.00395. The van der Waals surface area contributed by atoms with Crippen molar-refractivity contribution in [1.82, 2.24) is 0 Å². The van der Waals surface area contributed by atoms with Gasteiger partial charge in [0.2, 0.25) is 0 Å². The van der Waals surface area contributed by atoms with Gasteiger partial charge in [-0.3, -0.25) is 4.79 Å². The van der Waals surface area contributed by atoms with Gasteiger partial charge in [-0.2, -0.15) is 0 Å². The van der Waals surface area contributed by atoms with Gasteiger partial charge in [0.15, 0.2) is 0 Å². The van der Waals surface area contributed by atoms with Crippen LogP contribution in [0.25, 0.3) is 0 Å². The first-order valence-corrected chi connectivity index (χ1v) is 6.43. The number of carbonyl (C=O) groups is 1. The third-order valence-corrected chi connectivity index (χ3v) is 3.36. The lowest BCUT2D eigenvalue weighted by molar-refractivity contribution is -0.151. The Balaban J connectivity index is 3.01. The van der Waals surface area contributed by atoms with E-state index in [4.69, 9.17) is 27.9 Å². The fourth-order valence-corrected chi connectivity index (χ4v) is 1.98. The highest BCUT2D eigenvalue weighted by atomic mass is 35.5. The Hall–Kier alpha value is -0.990. The van der Waals surface area contributed by atoms with Crippen LogP contribution < -0.4 is 0 Å². The first-order valence-electron chi connectivity index (χ1n) is 5.67. The van der Waals surface area contributed by atoms with Gasteiger partial charge in [0.05, 0.1) is 12.0 Å². The molecule has 1 atom stereocenters. The Morgan fingerprint density at radius 1 is 1.50 bits per heavy atom. The van der Waals surface area contributed by atoms with Gasteiger partial charge in [-0.25, -0.2) is 0 Å². The maximum atomic E-state index is 11.9. The van der Waals surface area contributed by atoms with Crippen LogP contribution in [-0.4, -0.2) is 12.6 Å². The number of hydrogen-bond acceptors (Lipinski definition) is 2. The lowest BCUT2D eigenvalue weighted by Gasteiger charge is -2.23. The highest BCUT2D eigenvalue weighted by Gasteiger charge is 2.32. The predicted molar refractivity (Wildman–Crippen MR) is 75.1 cm³/mol. The molecule has 98 valence electrons. The molecule has 0 N–H and O–H groups in total. The number of ether oxygens (including phenoxy) is 1. The topological polar surface area (TPSA) is 26.3 Å². The first kappa shape index (κ1) is 15.1. The van der Waals surface area contributed by atoms with Crippen LogP contribution in [0.4, 0.5) is 0 Å². The van der Waals surface area contributed by atoms with Gasteiger partial charge in [0, 0.05) is 10.0 Å². The summed E-state index contributed by atoms with van der Waals surface area (Å²) >= 11 is 12.0. The van der Waals surface area contributed by atoms with Gasteiger partial charge in [-0.05, 0) is 44.0 Å². The van der Waals surface area contributed by atoms with Crippen molar-refractivity contribution in [1.29, 1.82) is 0 Å². The standard InChI is InChI=1S/C14H16Cl2O2/c1-4-14(3,13(17)18-5-2)9-10-8-11(15)6-7-12(10)16/h4,6-8H,1,5,9H2,2-3H3. The summed E-state index contributed by atoms with van der Waals surface area (Å²) < 4.78 is 5.05. The fourth-order valence-electron chi connectivity index (χ4n) is 1.60. The van der Waals surface area contributed by atoms with Crippen molar-refractivity contribution < 1.29 is 9.53 Å². The minimum atomic E-state index is -0.801.